The number of phenolic OH excluding ortho intramolecular Hbond substituents is 1. The van der Waals surface area contributed by atoms with Gasteiger partial charge in [0.2, 0.25) is 0 Å². The van der Waals surface area contributed by atoms with Gasteiger partial charge in [0.05, 0.1) is 13.2 Å². The number of methoxy groups -OCH3 is 1. The molecule has 0 spiro atoms. The van der Waals surface area contributed by atoms with Crippen LogP contribution in [-0.2, 0) is 12.8 Å². The van der Waals surface area contributed by atoms with Gasteiger partial charge in [-0.3, -0.25) is 0 Å². The molecular formula is C12H14BrNO2. The summed E-state index contributed by atoms with van der Waals surface area (Å²) in [5, 5.41) is 18.5. The van der Waals surface area contributed by atoms with Crippen molar-refractivity contribution in [3.63, 3.8) is 0 Å². The number of aromatic hydroxyl groups is 1. The Morgan fingerprint density at radius 2 is 2.19 bits per heavy atom. The third-order valence-corrected chi connectivity index (χ3v) is 3.18. The van der Waals surface area contributed by atoms with Crippen LogP contribution in [0.4, 0.5) is 0 Å². The first-order chi connectivity index (χ1) is 7.65. The molecule has 0 radical (unpaired) electrons. The normalized spacial score (nSPS) is 9.88. The number of aryl methyl sites for hydroxylation is 2. The van der Waals surface area contributed by atoms with Crippen molar-refractivity contribution in [2.45, 2.75) is 26.2 Å². The molecule has 0 aromatic heterocycles. The second-order valence-corrected chi connectivity index (χ2v) is 4.20. The van der Waals surface area contributed by atoms with E-state index in [9.17, 15) is 5.11 Å². The number of nitriles is 1. The molecule has 0 saturated heterocycles. The van der Waals surface area contributed by atoms with Crippen LogP contribution in [0, 0.1) is 11.3 Å². The van der Waals surface area contributed by atoms with E-state index < -0.39 is 0 Å². The Hall–Kier alpha value is -1.21. The van der Waals surface area contributed by atoms with E-state index >= 15 is 0 Å². The van der Waals surface area contributed by atoms with Crippen molar-refractivity contribution in [2.24, 2.45) is 0 Å². The largest absolute Gasteiger partial charge is 0.506 e. The smallest absolute Gasteiger partial charge is 0.139 e. The SMILES string of the molecule is CCc1cc(CCC#N)c(O)c(Br)c1OC. The molecule has 0 aliphatic carbocycles. The van der Waals surface area contributed by atoms with Crippen LogP contribution < -0.4 is 4.74 Å². The van der Waals surface area contributed by atoms with Crippen LogP contribution in [0.15, 0.2) is 10.5 Å². The van der Waals surface area contributed by atoms with Crippen LogP contribution in [0.25, 0.3) is 0 Å². The van der Waals surface area contributed by atoms with Gasteiger partial charge in [-0.25, -0.2) is 0 Å². The van der Waals surface area contributed by atoms with Crippen molar-refractivity contribution in [2.75, 3.05) is 7.11 Å². The Balaban J connectivity index is 3.22. The highest BCUT2D eigenvalue weighted by molar-refractivity contribution is 9.10. The first kappa shape index (κ1) is 12.9. The average molecular weight is 284 g/mol. The number of hydrogen-bond acceptors (Lipinski definition) is 3. The molecule has 0 heterocycles. The molecule has 0 atom stereocenters. The van der Waals surface area contributed by atoms with E-state index in [0.29, 0.717) is 23.1 Å². The molecule has 0 aliphatic rings. The Bertz CT molecular complexity index is 424. The molecule has 0 amide bonds. The lowest BCUT2D eigenvalue weighted by molar-refractivity contribution is 0.397. The van der Waals surface area contributed by atoms with Gasteiger partial charge in [-0.1, -0.05) is 6.92 Å². The van der Waals surface area contributed by atoms with Gasteiger partial charge >= 0.3 is 0 Å². The number of hydrogen-bond donors (Lipinski definition) is 1. The molecule has 1 N–H and O–H groups in total. The predicted molar refractivity (Wildman–Crippen MR) is 65.7 cm³/mol. The first-order valence-corrected chi connectivity index (χ1v) is 5.89. The van der Waals surface area contributed by atoms with Gasteiger partial charge in [-0.05, 0) is 46.0 Å². The second kappa shape index (κ2) is 5.76. The van der Waals surface area contributed by atoms with E-state index in [4.69, 9.17) is 10.00 Å². The monoisotopic (exact) mass is 283 g/mol. The van der Waals surface area contributed by atoms with Crippen molar-refractivity contribution >= 4 is 15.9 Å². The van der Waals surface area contributed by atoms with Crippen LogP contribution in [0.5, 0.6) is 11.5 Å². The van der Waals surface area contributed by atoms with Gasteiger partial charge in [-0.2, -0.15) is 5.26 Å². The molecule has 0 bridgehead atoms. The molecule has 16 heavy (non-hydrogen) atoms. The van der Waals surface area contributed by atoms with Gasteiger partial charge in [0, 0.05) is 6.42 Å². The molecule has 1 rings (SSSR count). The minimum atomic E-state index is 0.171. The van der Waals surface area contributed by atoms with Gasteiger partial charge in [-0.15, -0.1) is 0 Å². The maximum Gasteiger partial charge on any atom is 0.139 e. The molecule has 3 nitrogen and oxygen atoms in total. The molecule has 1 aromatic carbocycles. The zero-order valence-corrected chi connectivity index (χ0v) is 11.0. The summed E-state index contributed by atoms with van der Waals surface area (Å²) < 4.78 is 5.81. The van der Waals surface area contributed by atoms with Crippen molar-refractivity contribution in [3.05, 3.63) is 21.7 Å². The van der Waals surface area contributed by atoms with Crippen LogP contribution in [0.3, 0.4) is 0 Å². The molecular weight excluding hydrogens is 270 g/mol. The average Bonchev–Trinajstić information content (AvgIpc) is 2.30. The highest BCUT2D eigenvalue weighted by Crippen LogP contribution is 2.40. The zero-order chi connectivity index (χ0) is 12.1. The molecule has 1 aromatic rings. The molecule has 86 valence electrons. The van der Waals surface area contributed by atoms with Crippen LogP contribution in [-0.4, -0.2) is 12.2 Å². The maximum absolute atomic E-state index is 9.92. The maximum atomic E-state index is 9.92. The molecule has 0 aliphatic heterocycles. The lowest BCUT2D eigenvalue weighted by Gasteiger charge is -2.13. The number of phenols is 1. The van der Waals surface area contributed by atoms with Crippen molar-refractivity contribution in [1.29, 1.82) is 5.26 Å². The minimum absolute atomic E-state index is 0.171. The fourth-order valence-corrected chi connectivity index (χ4v) is 2.27. The molecule has 0 unspecified atom stereocenters. The van der Waals surface area contributed by atoms with Gasteiger partial charge in [0.1, 0.15) is 16.0 Å². The van der Waals surface area contributed by atoms with Gasteiger partial charge < -0.3 is 9.84 Å². The number of rotatable bonds is 4. The summed E-state index contributed by atoms with van der Waals surface area (Å²) in [5.41, 5.74) is 1.81. The fraction of sp³-hybridized carbons (Fsp3) is 0.417. The van der Waals surface area contributed by atoms with E-state index in [0.717, 1.165) is 17.5 Å². The standard InChI is InChI=1S/C12H14BrNO2/c1-3-8-7-9(5-4-6-14)11(15)10(13)12(8)16-2/h7,15H,3-5H2,1-2H3. The summed E-state index contributed by atoms with van der Waals surface area (Å²) in [4.78, 5) is 0. The second-order valence-electron chi connectivity index (χ2n) is 3.40. The number of ether oxygens (including phenoxy) is 1. The minimum Gasteiger partial charge on any atom is -0.506 e. The Labute approximate surface area is 104 Å². The van der Waals surface area contributed by atoms with Gasteiger partial charge in [0.15, 0.2) is 0 Å². The molecule has 4 heteroatoms. The lowest BCUT2D eigenvalue weighted by atomic mass is 10.0. The number of halogens is 1. The van der Waals surface area contributed by atoms with Crippen molar-refractivity contribution in [1.82, 2.24) is 0 Å². The van der Waals surface area contributed by atoms with E-state index in [1.165, 1.54) is 0 Å². The quantitative estimate of drug-likeness (QED) is 0.923. The van der Waals surface area contributed by atoms with Gasteiger partial charge in [0.25, 0.3) is 0 Å². The van der Waals surface area contributed by atoms with Crippen LogP contribution in [0.2, 0.25) is 0 Å². The third-order valence-electron chi connectivity index (χ3n) is 2.44. The predicted octanol–water partition coefficient (Wildman–Crippen LogP) is 3.18. The van der Waals surface area contributed by atoms with Crippen molar-refractivity contribution in [3.8, 4) is 17.6 Å². The van der Waals surface area contributed by atoms with Crippen molar-refractivity contribution < 1.29 is 9.84 Å². The van der Waals surface area contributed by atoms with E-state index in [2.05, 4.69) is 22.0 Å². The summed E-state index contributed by atoms with van der Waals surface area (Å²) in [5.74, 6) is 0.838. The number of nitrogens with zero attached hydrogens (tertiary/aromatic N) is 1. The Morgan fingerprint density at radius 3 is 2.69 bits per heavy atom. The lowest BCUT2D eigenvalue weighted by Crippen LogP contribution is -1.96. The summed E-state index contributed by atoms with van der Waals surface area (Å²) in [6.45, 7) is 2.02. The molecule has 0 saturated carbocycles. The van der Waals surface area contributed by atoms with Crippen LogP contribution >= 0.6 is 15.9 Å². The fourth-order valence-electron chi connectivity index (χ4n) is 1.60. The Kier molecular flexibility index (Phi) is 4.63. The number of benzene rings is 1. The summed E-state index contributed by atoms with van der Waals surface area (Å²) in [6.07, 6.45) is 1.77. The summed E-state index contributed by atoms with van der Waals surface area (Å²) in [6, 6.07) is 3.97. The zero-order valence-electron chi connectivity index (χ0n) is 9.38. The van der Waals surface area contributed by atoms with Crippen LogP contribution in [0.1, 0.15) is 24.5 Å². The Morgan fingerprint density at radius 1 is 1.50 bits per heavy atom. The summed E-state index contributed by atoms with van der Waals surface area (Å²) >= 11 is 3.32. The van der Waals surface area contributed by atoms with E-state index in [1.807, 2.05) is 13.0 Å². The highest BCUT2D eigenvalue weighted by Gasteiger charge is 2.15. The topological polar surface area (TPSA) is 53.2 Å². The summed E-state index contributed by atoms with van der Waals surface area (Å²) in [7, 11) is 1.58. The molecule has 0 fully saturated rings. The highest BCUT2D eigenvalue weighted by atomic mass is 79.9. The first-order valence-electron chi connectivity index (χ1n) is 5.09. The van der Waals surface area contributed by atoms with E-state index in [-0.39, 0.29) is 5.75 Å². The third kappa shape index (κ3) is 2.48. The van der Waals surface area contributed by atoms with E-state index in [1.54, 1.807) is 7.11 Å².